The minimum absolute atomic E-state index is 0.0358. The lowest BCUT2D eigenvalue weighted by atomic mass is 9.96. The van der Waals surface area contributed by atoms with Crippen molar-refractivity contribution in [2.24, 2.45) is 0 Å². The van der Waals surface area contributed by atoms with Crippen molar-refractivity contribution in [1.82, 2.24) is 25.0 Å². The van der Waals surface area contributed by atoms with Crippen molar-refractivity contribution in [1.29, 1.82) is 0 Å². The molecule has 31 heavy (non-hydrogen) atoms. The van der Waals surface area contributed by atoms with Crippen LogP contribution >= 0.6 is 23.2 Å². The number of halogens is 3. The summed E-state index contributed by atoms with van der Waals surface area (Å²) < 4.78 is 21.5. The average molecular weight is 469 g/mol. The molecule has 162 valence electrons. The first-order chi connectivity index (χ1) is 14.7. The van der Waals surface area contributed by atoms with E-state index in [-0.39, 0.29) is 45.8 Å². The maximum Gasteiger partial charge on any atom is 0.349 e. The van der Waals surface area contributed by atoms with Crippen molar-refractivity contribution in [2.45, 2.75) is 31.4 Å². The van der Waals surface area contributed by atoms with E-state index < -0.39 is 28.3 Å². The smallest absolute Gasteiger partial charge is 0.349 e. The highest BCUT2D eigenvalue weighted by Gasteiger charge is 2.38. The number of nitrogen functional groups attached to an aromatic ring is 1. The second kappa shape index (κ2) is 7.82. The summed E-state index contributed by atoms with van der Waals surface area (Å²) in [6.45, 7) is 0. The summed E-state index contributed by atoms with van der Waals surface area (Å²) in [5, 5.41) is 9.62. The third-order valence-corrected chi connectivity index (χ3v) is 5.51. The van der Waals surface area contributed by atoms with Crippen LogP contribution in [0.1, 0.15) is 31.2 Å². The first kappa shape index (κ1) is 21.1. The number of H-pyrrole nitrogens is 2. The molecule has 1 aliphatic carbocycles. The number of hydrogen-bond donors (Lipinski definition) is 3. The van der Waals surface area contributed by atoms with E-state index in [0.29, 0.717) is 12.8 Å². The number of nitrogens with zero attached hydrogens (tertiary/aromatic N) is 3. The van der Waals surface area contributed by atoms with E-state index in [1.165, 1.54) is 18.2 Å². The standard InChI is InChI=1S/C18H15Cl2FN6O4/c19-10-5-8(27-17(30)23-16(29)14(22)26-27)6-11(20)13(10)31-12-7-9(15(28)25-24-12)18(21)3-1-2-4-18/h5-7H,1-4H2,(H2,22,26)(H,25,28)(H,23,29,30). The summed E-state index contributed by atoms with van der Waals surface area (Å²) in [5.74, 6) is -0.579. The molecule has 1 saturated carbocycles. The normalized spacial score (nSPS) is 15.2. The predicted molar refractivity (Wildman–Crippen MR) is 111 cm³/mol. The molecule has 0 radical (unpaired) electrons. The van der Waals surface area contributed by atoms with E-state index in [1.54, 1.807) is 0 Å². The van der Waals surface area contributed by atoms with E-state index in [2.05, 4.69) is 15.3 Å². The van der Waals surface area contributed by atoms with Crippen LogP contribution in [0, 0.1) is 0 Å². The zero-order valence-corrected chi connectivity index (χ0v) is 17.3. The maximum absolute atomic E-state index is 15.1. The van der Waals surface area contributed by atoms with E-state index in [9.17, 15) is 14.4 Å². The molecule has 4 N–H and O–H groups in total. The van der Waals surface area contributed by atoms with Gasteiger partial charge >= 0.3 is 5.69 Å². The molecule has 2 aromatic heterocycles. The van der Waals surface area contributed by atoms with Gasteiger partial charge in [0.1, 0.15) is 5.67 Å². The Hall–Kier alpha value is -3.18. The summed E-state index contributed by atoms with van der Waals surface area (Å²) in [4.78, 5) is 37.5. The Bertz CT molecular complexity index is 1320. The van der Waals surface area contributed by atoms with E-state index in [0.717, 1.165) is 4.68 Å². The fourth-order valence-corrected chi connectivity index (χ4v) is 3.99. The monoisotopic (exact) mass is 468 g/mol. The molecule has 4 rings (SSSR count). The number of benzene rings is 1. The minimum Gasteiger partial charge on any atom is -0.434 e. The molecule has 0 unspecified atom stereocenters. The molecule has 13 heteroatoms. The van der Waals surface area contributed by atoms with Gasteiger partial charge in [-0.3, -0.25) is 14.6 Å². The van der Waals surface area contributed by atoms with Gasteiger partial charge in [-0.25, -0.2) is 14.3 Å². The number of nitrogens with one attached hydrogen (secondary N) is 2. The second-order valence-electron chi connectivity index (χ2n) is 7.02. The van der Waals surface area contributed by atoms with E-state index >= 15 is 4.39 Å². The number of ether oxygens (including phenoxy) is 1. The van der Waals surface area contributed by atoms with Gasteiger partial charge in [-0.2, -0.15) is 4.68 Å². The lowest BCUT2D eigenvalue weighted by Crippen LogP contribution is -2.33. The van der Waals surface area contributed by atoms with Crippen molar-refractivity contribution in [3.05, 3.63) is 65.0 Å². The Balaban J connectivity index is 1.71. The molecule has 0 saturated heterocycles. The highest BCUT2D eigenvalue weighted by atomic mass is 35.5. The predicted octanol–water partition coefficient (Wildman–Crippen LogP) is 2.42. The second-order valence-corrected chi connectivity index (χ2v) is 7.83. The third-order valence-electron chi connectivity index (χ3n) is 4.95. The highest BCUT2D eigenvalue weighted by Crippen LogP contribution is 2.42. The average Bonchev–Trinajstić information content (AvgIpc) is 3.16. The van der Waals surface area contributed by atoms with Gasteiger partial charge in [-0.15, -0.1) is 10.2 Å². The van der Waals surface area contributed by atoms with E-state index in [4.69, 9.17) is 33.7 Å². The van der Waals surface area contributed by atoms with Gasteiger partial charge in [0, 0.05) is 6.07 Å². The maximum atomic E-state index is 15.1. The highest BCUT2D eigenvalue weighted by molar-refractivity contribution is 6.37. The molecule has 0 spiro atoms. The van der Waals surface area contributed by atoms with Crippen molar-refractivity contribution in [2.75, 3.05) is 5.73 Å². The van der Waals surface area contributed by atoms with Gasteiger partial charge in [-0.05, 0) is 37.8 Å². The van der Waals surface area contributed by atoms with Crippen LogP contribution in [-0.2, 0) is 5.67 Å². The topological polar surface area (TPSA) is 149 Å². The molecule has 1 fully saturated rings. The summed E-state index contributed by atoms with van der Waals surface area (Å²) in [6.07, 6.45) is 1.83. The number of alkyl halides is 1. The molecule has 0 bridgehead atoms. The molecule has 1 aromatic carbocycles. The SMILES string of the molecule is Nc1nn(-c2cc(Cl)c(Oc3cc(C4(F)CCCC4)c(=O)[nH]n3)c(Cl)c2)c(=O)[nH]c1=O. The van der Waals surface area contributed by atoms with E-state index in [1.807, 2.05) is 4.98 Å². The van der Waals surface area contributed by atoms with Crippen LogP contribution in [-0.4, -0.2) is 25.0 Å². The number of hydrogen-bond acceptors (Lipinski definition) is 7. The largest absolute Gasteiger partial charge is 0.434 e. The molecule has 1 aliphatic rings. The first-order valence-corrected chi connectivity index (χ1v) is 9.89. The van der Waals surface area contributed by atoms with Crippen molar-refractivity contribution in [3.63, 3.8) is 0 Å². The molecule has 2 heterocycles. The van der Waals surface area contributed by atoms with Crippen LogP contribution < -0.4 is 27.3 Å². The fraction of sp³-hybridized carbons (Fsp3) is 0.278. The van der Waals surface area contributed by atoms with Gasteiger partial charge < -0.3 is 10.5 Å². The van der Waals surface area contributed by atoms with Crippen LogP contribution in [0.15, 0.2) is 32.6 Å². The van der Waals surface area contributed by atoms with Gasteiger partial charge in [0.25, 0.3) is 11.1 Å². The van der Waals surface area contributed by atoms with Crippen LogP contribution in [0.2, 0.25) is 10.0 Å². The molecular formula is C18H15Cl2FN6O4. The fourth-order valence-electron chi connectivity index (χ4n) is 3.44. The zero-order chi connectivity index (χ0) is 22.3. The van der Waals surface area contributed by atoms with Crippen LogP contribution in [0.5, 0.6) is 11.6 Å². The summed E-state index contributed by atoms with van der Waals surface area (Å²) in [5.41, 5.74) is 1.43. The zero-order valence-electron chi connectivity index (χ0n) is 15.7. The molecule has 10 nitrogen and oxygen atoms in total. The summed E-state index contributed by atoms with van der Waals surface area (Å²) >= 11 is 12.5. The van der Waals surface area contributed by atoms with Crippen LogP contribution in [0.25, 0.3) is 5.69 Å². The van der Waals surface area contributed by atoms with Crippen molar-refractivity contribution >= 4 is 29.0 Å². The number of anilines is 1. The Morgan fingerprint density at radius 1 is 1.10 bits per heavy atom. The Labute approximate surface area is 182 Å². The summed E-state index contributed by atoms with van der Waals surface area (Å²) in [6, 6.07) is 3.82. The number of rotatable bonds is 4. The van der Waals surface area contributed by atoms with Crippen molar-refractivity contribution in [3.8, 4) is 17.3 Å². The molecule has 0 amide bonds. The molecule has 0 aliphatic heterocycles. The summed E-state index contributed by atoms with van der Waals surface area (Å²) in [7, 11) is 0. The molecule has 3 aromatic rings. The van der Waals surface area contributed by atoms with Crippen LogP contribution in [0.3, 0.4) is 0 Å². The lowest BCUT2D eigenvalue weighted by molar-refractivity contribution is 0.171. The van der Waals surface area contributed by atoms with Gasteiger partial charge in [0.2, 0.25) is 11.7 Å². The number of aromatic amines is 2. The third kappa shape index (κ3) is 3.93. The Morgan fingerprint density at radius 2 is 1.74 bits per heavy atom. The Morgan fingerprint density at radius 3 is 2.39 bits per heavy atom. The first-order valence-electron chi connectivity index (χ1n) is 9.13. The molecular weight excluding hydrogens is 454 g/mol. The van der Waals surface area contributed by atoms with Crippen molar-refractivity contribution < 1.29 is 9.13 Å². The lowest BCUT2D eigenvalue weighted by Gasteiger charge is -2.18. The Kier molecular flexibility index (Phi) is 5.31. The molecule has 0 atom stereocenters. The van der Waals surface area contributed by atoms with Crippen LogP contribution in [0.4, 0.5) is 10.2 Å². The quantitative estimate of drug-likeness (QED) is 0.531. The van der Waals surface area contributed by atoms with Gasteiger partial charge in [0.05, 0.1) is 21.3 Å². The van der Waals surface area contributed by atoms with Gasteiger partial charge in [-0.1, -0.05) is 23.2 Å². The minimum atomic E-state index is -1.75. The number of nitrogens with two attached hydrogens (primary N) is 1. The van der Waals surface area contributed by atoms with Gasteiger partial charge in [0.15, 0.2) is 5.75 Å². The number of aromatic nitrogens is 5.